The van der Waals surface area contributed by atoms with Crippen molar-refractivity contribution in [1.82, 2.24) is 28.7 Å². The molecule has 0 atom stereocenters. The first kappa shape index (κ1) is 60.4. The molecule has 6 aromatic heterocycles. The van der Waals surface area contributed by atoms with E-state index < -0.39 is 0 Å². The molecule has 0 spiro atoms. The molecule has 6 heteroatoms. The van der Waals surface area contributed by atoms with Gasteiger partial charge < -0.3 is 13.7 Å². The SMILES string of the molecule is C=C/C(=C\C)n1c2ccccc2c2cc(-c3cc(-c4cc5c6ccccc6n(-c6ccccc6)c5cc4-c4ccc(-c5ccccn5)cc4C)cc(-c4cc5c6ccccc6n(-c6ccccc6)c5cc4-c4ccc(-c5ccccn5)cc4C)c3)c(-c3ccc(-c4ccccn4)cc3C)cc21. The van der Waals surface area contributed by atoms with Crippen LogP contribution in [0.5, 0.6) is 0 Å². The summed E-state index contributed by atoms with van der Waals surface area (Å²) in [4.78, 5) is 14.5. The van der Waals surface area contributed by atoms with Gasteiger partial charge in [-0.25, -0.2) is 0 Å². The van der Waals surface area contributed by atoms with Crippen LogP contribution in [0.2, 0.25) is 0 Å². The van der Waals surface area contributed by atoms with Crippen LogP contribution in [-0.4, -0.2) is 28.7 Å². The van der Waals surface area contributed by atoms with Crippen LogP contribution in [0.25, 0.3) is 183 Å². The second-order valence-corrected chi connectivity index (χ2v) is 26.4. The maximum absolute atomic E-state index is 4.84. The van der Waals surface area contributed by atoms with Gasteiger partial charge in [0.2, 0.25) is 0 Å². The van der Waals surface area contributed by atoms with E-state index in [9.17, 15) is 0 Å². The van der Waals surface area contributed by atoms with Crippen molar-refractivity contribution < 1.29 is 0 Å². The van der Waals surface area contributed by atoms with Crippen molar-refractivity contribution in [3.8, 4) is 112 Å². The molecule has 0 N–H and O–H groups in total. The monoisotopic (exact) mass is 1290 g/mol. The summed E-state index contributed by atoms with van der Waals surface area (Å²) in [6.07, 6.45) is 9.76. The van der Waals surface area contributed by atoms with Crippen molar-refractivity contribution in [2.24, 2.45) is 0 Å². The number of benzene rings is 12. The largest absolute Gasteiger partial charge is 0.310 e. The Kier molecular flexibility index (Phi) is 14.8. The highest BCUT2D eigenvalue weighted by Gasteiger charge is 2.26. The molecule has 0 unspecified atom stereocenters. The fraction of sp³-hybridized carbons (Fsp3) is 0.0421. The van der Waals surface area contributed by atoms with Gasteiger partial charge in [0, 0.05) is 84.7 Å². The first-order valence-electron chi connectivity index (χ1n) is 34.6. The molecule has 6 heterocycles. The zero-order valence-electron chi connectivity index (χ0n) is 56.6. The minimum Gasteiger partial charge on any atom is -0.310 e. The standard InChI is InChI=1S/C95H68N6/c1-6-69(7-2)99-90-36-17-14-30-75(90)84-54-78(81(57-93(84)99)72-42-39-63(48-60(72)3)87-33-20-23-45-96-87)66-51-67(79-55-85-76-31-15-18-37-91(76)100(70-26-10-8-11-27-70)94(85)58-82(79)73-43-40-64(49-61(73)4)88-34-21-24-46-97-88)53-68(52-66)80-56-86-77-32-16-19-38-92(77)101(71-28-12-9-13-29-71)95(86)59-83(80)74-44-41-65(50-62(74)5)89-35-22-25-47-98-89/h6-59H,1H2,2-5H3/b69-7+. The first-order chi connectivity index (χ1) is 49.7. The summed E-state index contributed by atoms with van der Waals surface area (Å²) < 4.78 is 7.27. The van der Waals surface area contributed by atoms with Gasteiger partial charge in [-0.05, 0) is 269 Å². The van der Waals surface area contributed by atoms with Gasteiger partial charge in [-0.3, -0.25) is 15.0 Å². The zero-order valence-corrected chi connectivity index (χ0v) is 56.6. The Balaban J connectivity index is 0.996. The molecule has 0 radical (unpaired) electrons. The predicted molar refractivity (Wildman–Crippen MR) is 425 cm³/mol. The van der Waals surface area contributed by atoms with Crippen LogP contribution >= 0.6 is 0 Å². The Morgan fingerprint density at radius 2 is 0.614 bits per heavy atom. The summed E-state index contributed by atoms with van der Waals surface area (Å²) in [7, 11) is 0. The molecule has 0 fully saturated rings. The number of para-hydroxylation sites is 5. The predicted octanol–water partition coefficient (Wildman–Crippen LogP) is 25.1. The molecule has 18 rings (SSSR count). The van der Waals surface area contributed by atoms with Crippen molar-refractivity contribution >= 4 is 71.1 Å². The summed E-state index contributed by atoms with van der Waals surface area (Å²) in [5.74, 6) is 0. The highest BCUT2D eigenvalue weighted by Crippen LogP contribution is 2.50. The number of allylic oxidation sites excluding steroid dienone is 3. The average molecular weight is 1290 g/mol. The third-order valence-electron chi connectivity index (χ3n) is 20.5. The summed E-state index contributed by atoms with van der Waals surface area (Å²) in [6.45, 7) is 13.2. The van der Waals surface area contributed by atoms with Crippen LogP contribution in [-0.2, 0) is 0 Å². The van der Waals surface area contributed by atoms with Crippen molar-refractivity contribution in [3.63, 3.8) is 0 Å². The van der Waals surface area contributed by atoms with Crippen LogP contribution in [0.1, 0.15) is 23.6 Å². The number of hydrogen-bond donors (Lipinski definition) is 0. The summed E-state index contributed by atoms with van der Waals surface area (Å²) in [5.41, 5.74) is 32.7. The molecule has 0 saturated carbocycles. The van der Waals surface area contributed by atoms with Gasteiger partial charge in [0.1, 0.15) is 0 Å². The average Bonchev–Trinajstić information content (AvgIpc) is 1.63. The number of aromatic nitrogens is 6. The number of pyridine rings is 3. The van der Waals surface area contributed by atoms with Gasteiger partial charge in [0.25, 0.3) is 0 Å². The second kappa shape index (κ2) is 24.8. The minimum atomic E-state index is 0.932. The van der Waals surface area contributed by atoms with Crippen LogP contribution in [0.3, 0.4) is 0 Å². The Morgan fingerprint density at radius 3 is 0.970 bits per heavy atom. The van der Waals surface area contributed by atoms with Crippen LogP contribution in [0.15, 0.2) is 335 Å². The number of hydrogen-bond acceptors (Lipinski definition) is 3. The smallest absolute Gasteiger partial charge is 0.0702 e. The molecule has 0 aliphatic rings. The highest BCUT2D eigenvalue weighted by molar-refractivity contribution is 6.17. The van der Waals surface area contributed by atoms with Crippen molar-refractivity contribution in [2.45, 2.75) is 27.7 Å². The molecule has 478 valence electrons. The third-order valence-corrected chi connectivity index (χ3v) is 20.5. The van der Waals surface area contributed by atoms with Crippen molar-refractivity contribution in [2.75, 3.05) is 0 Å². The van der Waals surface area contributed by atoms with E-state index in [1.165, 1.54) is 10.8 Å². The Labute approximate surface area is 587 Å². The van der Waals surface area contributed by atoms with Crippen LogP contribution in [0, 0.1) is 20.8 Å². The minimum absolute atomic E-state index is 0.932. The molecular weight excluding hydrogens is 1230 g/mol. The molecule has 12 aromatic carbocycles. The van der Waals surface area contributed by atoms with Crippen molar-refractivity contribution in [3.05, 3.63) is 351 Å². The lowest BCUT2D eigenvalue weighted by Gasteiger charge is -2.21. The highest BCUT2D eigenvalue weighted by atomic mass is 15.0. The molecular formula is C95H68N6. The van der Waals surface area contributed by atoms with Gasteiger partial charge in [-0.1, -0.05) is 158 Å². The molecule has 6 nitrogen and oxygen atoms in total. The molecule has 0 aliphatic carbocycles. The Hall–Kier alpha value is -13.0. The maximum atomic E-state index is 4.84. The number of fused-ring (bicyclic) bond motifs is 9. The van der Waals surface area contributed by atoms with Gasteiger partial charge >= 0.3 is 0 Å². The lowest BCUT2D eigenvalue weighted by molar-refractivity contribution is 1.18. The summed E-state index contributed by atoms with van der Waals surface area (Å²) in [6, 6.07) is 109. The molecule has 0 bridgehead atoms. The topological polar surface area (TPSA) is 53.5 Å². The third kappa shape index (κ3) is 10.3. The normalized spacial score (nSPS) is 11.9. The van der Waals surface area contributed by atoms with Gasteiger partial charge in [0.15, 0.2) is 0 Å². The van der Waals surface area contributed by atoms with E-state index in [4.69, 9.17) is 15.0 Å². The van der Waals surface area contributed by atoms with E-state index in [-0.39, 0.29) is 0 Å². The van der Waals surface area contributed by atoms with Gasteiger partial charge in [-0.15, -0.1) is 0 Å². The zero-order chi connectivity index (χ0) is 67.8. The van der Waals surface area contributed by atoms with Gasteiger partial charge in [-0.2, -0.15) is 0 Å². The molecule has 0 amide bonds. The van der Waals surface area contributed by atoms with E-state index in [2.05, 4.69) is 333 Å². The van der Waals surface area contributed by atoms with E-state index in [1.807, 2.05) is 42.9 Å². The lowest BCUT2D eigenvalue weighted by atomic mass is 9.83. The van der Waals surface area contributed by atoms with Crippen molar-refractivity contribution in [1.29, 1.82) is 0 Å². The van der Waals surface area contributed by atoms with E-state index >= 15 is 0 Å². The maximum Gasteiger partial charge on any atom is 0.0702 e. The van der Waals surface area contributed by atoms with E-state index in [1.54, 1.807) is 0 Å². The fourth-order valence-corrected chi connectivity index (χ4v) is 15.8. The second-order valence-electron chi connectivity index (χ2n) is 26.4. The number of nitrogens with zero attached hydrogens (tertiary/aromatic N) is 6. The van der Waals surface area contributed by atoms with E-state index in [0.29, 0.717) is 0 Å². The van der Waals surface area contributed by atoms with E-state index in [0.717, 1.165) is 189 Å². The fourth-order valence-electron chi connectivity index (χ4n) is 15.8. The molecule has 0 saturated heterocycles. The van der Waals surface area contributed by atoms with Crippen LogP contribution < -0.4 is 0 Å². The number of aryl methyl sites for hydroxylation is 3. The molecule has 18 aromatic rings. The molecule has 0 aliphatic heterocycles. The quantitative estimate of drug-likeness (QED) is 0.108. The lowest BCUT2D eigenvalue weighted by Crippen LogP contribution is -1.98. The summed E-state index contributed by atoms with van der Waals surface area (Å²) in [5, 5.41) is 7.00. The number of rotatable bonds is 13. The van der Waals surface area contributed by atoms with Crippen LogP contribution in [0.4, 0.5) is 0 Å². The Morgan fingerprint density at radius 1 is 0.277 bits per heavy atom. The van der Waals surface area contributed by atoms with Gasteiger partial charge in [0.05, 0.1) is 50.2 Å². The summed E-state index contributed by atoms with van der Waals surface area (Å²) >= 11 is 0. The molecule has 101 heavy (non-hydrogen) atoms. The first-order valence-corrected chi connectivity index (χ1v) is 34.6. The Bertz CT molecular complexity index is 6090.